The minimum absolute atomic E-state index is 0.153. The van der Waals surface area contributed by atoms with E-state index in [0.29, 0.717) is 35.6 Å². The molecule has 0 radical (unpaired) electrons. The third-order valence-electron chi connectivity index (χ3n) is 5.88. The molecule has 0 N–H and O–H groups in total. The van der Waals surface area contributed by atoms with Crippen LogP contribution in [-0.2, 0) is 23.0 Å². The van der Waals surface area contributed by atoms with Crippen LogP contribution in [-0.4, -0.2) is 25.4 Å². The number of thiazole rings is 1. The van der Waals surface area contributed by atoms with E-state index in [4.69, 9.17) is 0 Å². The van der Waals surface area contributed by atoms with E-state index in [0.717, 1.165) is 21.3 Å². The molecule has 1 amide bonds. The number of hydrogen-bond donors (Lipinski definition) is 0. The second-order valence-electron chi connectivity index (χ2n) is 8.15. The molecule has 0 spiro atoms. The van der Waals surface area contributed by atoms with Gasteiger partial charge in [-0.2, -0.15) is 4.99 Å². The summed E-state index contributed by atoms with van der Waals surface area (Å²) >= 11 is 1.44. The molecule has 0 atom stereocenters. The zero-order valence-electron chi connectivity index (χ0n) is 18.6. The lowest BCUT2D eigenvalue weighted by atomic mass is 10.2. The predicted octanol–water partition coefficient (Wildman–Crippen LogP) is 4.69. The molecule has 0 unspecified atom stereocenters. The fourth-order valence-electron chi connectivity index (χ4n) is 4.18. The number of allylic oxidation sites excluding steroid dienone is 1. The summed E-state index contributed by atoms with van der Waals surface area (Å²) < 4.78 is 30.9. The zero-order chi connectivity index (χ0) is 23.9. The van der Waals surface area contributed by atoms with Gasteiger partial charge in [0.15, 0.2) is 4.80 Å². The third kappa shape index (κ3) is 3.89. The van der Waals surface area contributed by atoms with Crippen molar-refractivity contribution >= 4 is 43.2 Å². The van der Waals surface area contributed by atoms with Crippen molar-refractivity contribution in [2.45, 2.75) is 24.8 Å². The first-order valence-electron chi connectivity index (χ1n) is 10.9. The highest BCUT2D eigenvalue weighted by molar-refractivity contribution is 7.92. The molecule has 2 heterocycles. The summed E-state index contributed by atoms with van der Waals surface area (Å²) in [5, 5.41) is 0. The van der Waals surface area contributed by atoms with Gasteiger partial charge in [-0.05, 0) is 66.9 Å². The Bertz CT molecular complexity index is 1600. The van der Waals surface area contributed by atoms with Gasteiger partial charge >= 0.3 is 0 Å². The van der Waals surface area contributed by atoms with E-state index < -0.39 is 15.9 Å². The van der Waals surface area contributed by atoms with Gasteiger partial charge in [-0.3, -0.25) is 9.10 Å². The van der Waals surface area contributed by atoms with Gasteiger partial charge in [-0.15, -0.1) is 6.58 Å². The lowest BCUT2D eigenvalue weighted by Crippen LogP contribution is -2.29. The van der Waals surface area contributed by atoms with Gasteiger partial charge in [0.05, 0.1) is 20.8 Å². The van der Waals surface area contributed by atoms with Crippen LogP contribution >= 0.6 is 11.3 Å². The Balaban J connectivity index is 1.47. The van der Waals surface area contributed by atoms with Crippen LogP contribution in [0.1, 0.15) is 21.5 Å². The van der Waals surface area contributed by atoms with Gasteiger partial charge in [0, 0.05) is 18.7 Å². The maximum Gasteiger partial charge on any atom is 0.279 e. The van der Waals surface area contributed by atoms with Gasteiger partial charge < -0.3 is 4.57 Å². The number of amides is 1. The summed E-state index contributed by atoms with van der Waals surface area (Å²) in [6.07, 6.45) is 2.45. The molecular weight excluding hydrogens is 466 g/mol. The molecule has 1 aliphatic rings. The number of sulfonamides is 1. The SMILES string of the molecule is C=CCn1c(=NC(=O)c2ccc(S(=O)(=O)N3CCc4ccccc43)cc2)sc2cc(C)ccc21. The smallest absolute Gasteiger partial charge is 0.279 e. The van der Waals surface area contributed by atoms with Crippen LogP contribution in [0.5, 0.6) is 0 Å². The normalized spacial score (nSPS) is 13.9. The highest BCUT2D eigenvalue weighted by Crippen LogP contribution is 2.32. The summed E-state index contributed by atoms with van der Waals surface area (Å²) in [4.78, 5) is 18.0. The Labute approximate surface area is 202 Å². The van der Waals surface area contributed by atoms with E-state index >= 15 is 0 Å². The second-order valence-corrected chi connectivity index (χ2v) is 11.0. The van der Waals surface area contributed by atoms with Crippen molar-refractivity contribution < 1.29 is 13.2 Å². The average Bonchev–Trinajstić information content (AvgIpc) is 3.41. The topological polar surface area (TPSA) is 71.7 Å². The molecule has 6 nitrogen and oxygen atoms in total. The lowest BCUT2D eigenvalue weighted by molar-refractivity contribution is 0.0998. The van der Waals surface area contributed by atoms with E-state index in [1.165, 1.54) is 39.9 Å². The molecule has 8 heteroatoms. The van der Waals surface area contributed by atoms with Gasteiger partial charge in [0.1, 0.15) is 0 Å². The van der Waals surface area contributed by atoms with E-state index in [9.17, 15) is 13.2 Å². The zero-order valence-corrected chi connectivity index (χ0v) is 20.3. The largest absolute Gasteiger partial charge is 0.312 e. The van der Waals surface area contributed by atoms with Crippen LogP contribution in [0, 0.1) is 6.92 Å². The van der Waals surface area contributed by atoms with Crippen molar-refractivity contribution in [1.29, 1.82) is 0 Å². The van der Waals surface area contributed by atoms with Crippen LogP contribution in [0.3, 0.4) is 0 Å². The summed E-state index contributed by atoms with van der Waals surface area (Å²) in [6, 6.07) is 19.6. The number of rotatable bonds is 5. The van der Waals surface area contributed by atoms with E-state index in [1.807, 2.05) is 47.9 Å². The van der Waals surface area contributed by atoms with Crippen molar-refractivity contribution in [1.82, 2.24) is 4.57 Å². The van der Waals surface area contributed by atoms with Crippen LogP contribution in [0.15, 0.2) is 89.3 Å². The Morgan fingerprint density at radius 3 is 2.65 bits per heavy atom. The van der Waals surface area contributed by atoms with Crippen molar-refractivity contribution in [3.05, 3.63) is 101 Å². The second kappa shape index (κ2) is 8.70. The Kier molecular flexibility index (Phi) is 5.71. The first kappa shape index (κ1) is 22.3. The maximum absolute atomic E-state index is 13.2. The Morgan fingerprint density at radius 1 is 1.12 bits per heavy atom. The first-order chi connectivity index (χ1) is 16.4. The average molecular weight is 490 g/mol. The summed E-state index contributed by atoms with van der Waals surface area (Å²) in [7, 11) is -3.71. The van der Waals surface area contributed by atoms with E-state index in [-0.39, 0.29) is 4.90 Å². The number of anilines is 1. The molecule has 0 saturated carbocycles. The van der Waals surface area contributed by atoms with Crippen molar-refractivity contribution in [3.63, 3.8) is 0 Å². The van der Waals surface area contributed by atoms with Crippen molar-refractivity contribution in [2.24, 2.45) is 4.99 Å². The fourth-order valence-corrected chi connectivity index (χ4v) is 6.82. The molecule has 172 valence electrons. The van der Waals surface area contributed by atoms with Crippen molar-refractivity contribution in [2.75, 3.05) is 10.8 Å². The summed E-state index contributed by atoms with van der Waals surface area (Å²) in [5.41, 5.74) is 4.19. The molecule has 4 aromatic rings. The van der Waals surface area contributed by atoms with Crippen LogP contribution in [0.2, 0.25) is 0 Å². The number of carbonyl (C=O) groups excluding carboxylic acids is 1. The van der Waals surface area contributed by atoms with E-state index in [2.05, 4.69) is 17.6 Å². The number of para-hydroxylation sites is 1. The number of aromatic nitrogens is 1. The fraction of sp³-hybridized carbons (Fsp3) is 0.154. The van der Waals surface area contributed by atoms with Crippen LogP contribution in [0.25, 0.3) is 10.2 Å². The molecule has 5 rings (SSSR count). The molecule has 34 heavy (non-hydrogen) atoms. The number of benzene rings is 3. The lowest BCUT2D eigenvalue weighted by Gasteiger charge is -2.19. The number of nitrogens with zero attached hydrogens (tertiary/aromatic N) is 3. The van der Waals surface area contributed by atoms with Gasteiger partial charge in [0.25, 0.3) is 15.9 Å². The molecule has 1 aromatic heterocycles. The van der Waals surface area contributed by atoms with Crippen LogP contribution in [0.4, 0.5) is 5.69 Å². The number of hydrogen-bond acceptors (Lipinski definition) is 4. The molecule has 1 aliphatic heterocycles. The highest BCUT2D eigenvalue weighted by atomic mass is 32.2. The monoisotopic (exact) mass is 489 g/mol. The molecule has 0 saturated heterocycles. The molecule has 0 aliphatic carbocycles. The Hall–Kier alpha value is -3.49. The molecular formula is C26H23N3O3S2. The molecule has 3 aromatic carbocycles. The van der Waals surface area contributed by atoms with Gasteiger partial charge in [0.2, 0.25) is 0 Å². The van der Waals surface area contributed by atoms with Gasteiger partial charge in [-0.25, -0.2) is 8.42 Å². The summed E-state index contributed by atoms with van der Waals surface area (Å²) in [5.74, 6) is -0.420. The van der Waals surface area contributed by atoms with Crippen LogP contribution < -0.4 is 9.11 Å². The Morgan fingerprint density at radius 2 is 1.88 bits per heavy atom. The minimum atomic E-state index is -3.71. The number of fused-ring (bicyclic) bond motifs is 2. The van der Waals surface area contributed by atoms with E-state index in [1.54, 1.807) is 6.08 Å². The number of aryl methyl sites for hydroxylation is 1. The summed E-state index contributed by atoms with van der Waals surface area (Å²) in [6.45, 7) is 6.78. The van der Waals surface area contributed by atoms with Crippen molar-refractivity contribution in [3.8, 4) is 0 Å². The molecule has 0 fully saturated rings. The minimum Gasteiger partial charge on any atom is -0.312 e. The maximum atomic E-state index is 13.2. The number of carbonyl (C=O) groups is 1. The predicted molar refractivity (Wildman–Crippen MR) is 136 cm³/mol. The van der Waals surface area contributed by atoms with Gasteiger partial charge in [-0.1, -0.05) is 41.7 Å². The molecule has 0 bridgehead atoms. The first-order valence-corrected chi connectivity index (χ1v) is 13.1. The quantitative estimate of drug-likeness (QED) is 0.382. The highest BCUT2D eigenvalue weighted by Gasteiger charge is 2.30. The standard InChI is InChI=1S/C26H23N3O3S2/c1-3-15-28-23-13-8-18(2)17-24(23)33-26(28)27-25(30)20-9-11-21(12-10-20)34(31,32)29-16-14-19-6-4-5-7-22(19)29/h3-13,17H,1,14-16H2,2H3. The third-order valence-corrected chi connectivity index (χ3v) is 8.75.